The predicted octanol–water partition coefficient (Wildman–Crippen LogP) is 1.45. The monoisotopic (exact) mass is 131 g/mol. The van der Waals surface area contributed by atoms with E-state index in [1.54, 1.807) is 0 Å². The molecule has 0 radical (unpaired) electrons. The average Bonchev–Trinajstić information content (AvgIpc) is 1.66. The van der Waals surface area contributed by atoms with Crippen LogP contribution in [0.2, 0.25) is 0 Å². The zero-order valence-corrected chi connectivity index (χ0v) is 6.09. The van der Waals surface area contributed by atoms with Crippen LogP contribution in [0.25, 0.3) is 0 Å². The third-order valence-corrected chi connectivity index (χ3v) is 0.264. The number of nitrogens with zero attached hydrogens (tertiary/aromatic N) is 1. The van der Waals surface area contributed by atoms with Gasteiger partial charge in [-0.3, -0.25) is 0 Å². The van der Waals surface area contributed by atoms with Gasteiger partial charge in [-0.1, -0.05) is 6.92 Å². The summed E-state index contributed by atoms with van der Waals surface area (Å²) in [5, 5.41) is 10.4. The molecule has 3 heteroatoms. The van der Waals surface area contributed by atoms with Crippen LogP contribution in [0.1, 0.15) is 27.2 Å². The molecule has 3 nitrogen and oxygen atoms in total. The highest BCUT2D eigenvalue weighted by Gasteiger charge is 1.62. The highest BCUT2D eigenvalue weighted by Crippen LogP contribution is 1.60. The van der Waals surface area contributed by atoms with Crippen molar-refractivity contribution in [3.63, 3.8) is 0 Å². The van der Waals surface area contributed by atoms with E-state index >= 15 is 0 Å². The van der Waals surface area contributed by atoms with Gasteiger partial charge in [-0.15, -0.1) is 5.16 Å². The minimum Gasteiger partial charge on any atom is -0.411 e. The number of oxime groups is 1. The summed E-state index contributed by atoms with van der Waals surface area (Å²) in [5.74, 6) is 0.167. The van der Waals surface area contributed by atoms with E-state index in [0.717, 1.165) is 6.42 Å². The first kappa shape index (κ1) is 11.0. The minimum absolute atomic E-state index is 0.167. The van der Waals surface area contributed by atoms with E-state index < -0.39 is 0 Å². The Morgan fingerprint density at radius 2 is 2.00 bits per heavy atom. The van der Waals surface area contributed by atoms with Gasteiger partial charge in [0.1, 0.15) is 5.78 Å². The molecule has 0 fully saturated rings. The molecule has 0 unspecified atom stereocenters. The summed E-state index contributed by atoms with van der Waals surface area (Å²) in [4.78, 5) is 9.44. The number of ketones is 1. The van der Waals surface area contributed by atoms with E-state index in [9.17, 15) is 4.79 Å². The van der Waals surface area contributed by atoms with Crippen LogP contribution in [0.3, 0.4) is 0 Å². The van der Waals surface area contributed by atoms with Crippen molar-refractivity contribution in [3.05, 3.63) is 0 Å². The number of carbonyl (C=O) groups is 1. The molecule has 9 heavy (non-hydrogen) atoms. The maximum absolute atomic E-state index is 9.44. The van der Waals surface area contributed by atoms with E-state index in [1.807, 2.05) is 6.92 Å². The third-order valence-electron chi connectivity index (χ3n) is 0.264. The number of hydrogen-bond acceptors (Lipinski definition) is 3. The van der Waals surface area contributed by atoms with Gasteiger partial charge in [0.05, 0.1) is 0 Å². The molecule has 0 amide bonds. The minimum atomic E-state index is 0.167. The van der Waals surface area contributed by atoms with Gasteiger partial charge in [0.25, 0.3) is 0 Å². The molecule has 0 aromatic carbocycles. The van der Waals surface area contributed by atoms with Crippen LogP contribution in [-0.4, -0.2) is 17.2 Å². The van der Waals surface area contributed by atoms with Crippen molar-refractivity contribution in [1.29, 1.82) is 0 Å². The molecule has 0 atom stereocenters. The molecule has 0 aromatic heterocycles. The fraction of sp³-hybridized carbons (Fsp3) is 0.667. The fourth-order valence-electron chi connectivity index (χ4n) is 0.0816. The van der Waals surface area contributed by atoms with Gasteiger partial charge in [-0.25, -0.2) is 0 Å². The second-order valence-electron chi connectivity index (χ2n) is 1.61. The third kappa shape index (κ3) is 145. The van der Waals surface area contributed by atoms with Gasteiger partial charge < -0.3 is 10.0 Å². The van der Waals surface area contributed by atoms with Crippen molar-refractivity contribution in [3.8, 4) is 0 Å². The van der Waals surface area contributed by atoms with Crippen molar-refractivity contribution in [1.82, 2.24) is 0 Å². The summed E-state index contributed by atoms with van der Waals surface area (Å²) >= 11 is 0. The zero-order chi connectivity index (χ0) is 7.70. The number of carbonyl (C=O) groups excluding carboxylic acids is 1. The maximum atomic E-state index is 9.44. The molecular formula is C6H13NO2. The Hall–Kier alpha value is -0.860. The Labute approximate surface area is 55.4 Å². The quantitative estimate of drug-likeness (QED) is 0.332. The second kappa shape index (κ2) is 10.2. The molecule has 0 aliphatic carbocycles. The largest absolute Gasteiger partial charge is 0.411 e. The lowest BCUT2D eigenvalue weighted by atomic mass is 10.6. The number of hydrogen-bond donors (Lipinski definition) is 1. The van der Waals surface area contributed by atoms with Crippen LogP contribution < -0.4 is 0 Å². The van der Waals surface area contributed by atoms with Crippen molar-refractivity contribution >= 4 is 12.0 Å². The van der Waals surface area contributed by atoms with Crippen LogP contribution in [0.15, 0.2) is 5.16 Å². The van der Waals surface area contributed by atoms with E-state index in [0.29, 0.717) is 0 Å². The van der Waals surface area contributed by atoms with Gasteiger partial charge in [0, 0.05) is 6.21 Å². The summed E-state index contributed by atoms with van der Waals surface area (Å²) in [6, 6.07) is 0. The first-order valence-corrected chi connectivity index (χ1v) is 2.78. The van der Waals surface area contributed by atoms with E-state index in [2.05, 4.69) is 5.16 Å². The molecule has 0 bridgehead atoms. The molecular weight excluding hydrogens is 118 g/mol. The molecule has 0 saturated heterocycles. The molecule has 0 aromatic rings. The zero-order valence-electron chi connectivity index (χ0n) is 6.09. The Morgan fingerprint density at radius 3 is 2.00 bits per heavy atom. The molecule has 0 rings (SSSR count). The standard InChI is InChI=1S/C3H7NO.C3H6O/c1-2-3-4-5;1-3(2)4/h3,5H,2H2,1H3;1-2H3. The Balaban J connectivity index is 0. The smallest absolute Gasteiger partial charge is 0.126 e. The van der Waals surface area contributed by atoms with Gasteiger partial charge in [0.15, 0.2) is 0 Å². The lowest BCUT2D eigenvalue weighted by Gasteiger charge is -1.64. The van der Waals surface area contributed by atoms with Crippen LogP contribution >= 0.6 is 0 Å². The highest BCUT2D eigenvalue weighted by molar-refractivity contribution is 5.72. The highest BCUT2D eigenvalue weighted by atomic mass is 16.4. The Morgan fingerprint density at radius 1 is 1.67 bits per heavy atom. The van der Waals surface area contributed by atoms with E-state index in [1.165, 1.54) is 20.1 Å². The maximum Gasteiger partial charge on any atom is 0.126 e. The summed E-state index contributed by atoms with van der Waals surface area (Å²) in [6.45, 7) is 4.96. The van der Waals surface area contributed by atoms with E-state index in [4.69, 9.17) is 5.21 Å². The first-order chi connectivity index (χ1) is 4.15. The van der Waals surface area contributed by atoms with Crippen molar-refractivity contribution in [2.45, 2.75) is 27.2 Å². The molecule has 0 saturated carbocycles. The summed E-state index contributed by atoms with van der Waals surface area (Å²) in [6.07, 6.45) is 2.23. The average molecular weight is 131 g/mol. The Bertz CT molecular complexity index is 85.1. The molecule has 1 N–H and O–H groups in total. The lowest BCUT2D eigenvalue weighted by molar-refractivity contribution is -0.114. The van der Waals surface area contributed by atoms with Crippen LogP contribution in [-0.2, 0) is 4.79 Å². The SMILES string of the molecule is CC(C)=O.CCC=NO. The Kier molecular flexibility index (Phi) is 12.5. The molecule has 0 aliphatic rings. The van der Waals surface area contributed by atoms with Crippen molar-refractivity contribution in [2.75, 3.05) is 0 Å². The fourth-order valence-corrected chi connectivity index (χ4v) is 0.0816. The molecule has 0 heterocycles. The van der Waals surface area contributed by atoms with Crippen molar-refractivity contribution < 1.29 is 10.0 Å². The summed E-state index contributed by atoms with van der Waals surface area (Å²) < 4.78 is 0. The lowest BCUT2D eigenvalue weighted by Crippen LogP contribution is -1.69. The predicted molar refractivity (Wildman–Crippen MR) is 36.9 cm³/mol. The summed E-state index contributed by atoms with van der Waals surface area (Å²) in [7, 11) is 0. The number of rotatable bonds is 1. The normalized spacial score (nSPS) is 8.33. The molecule has 54 valence electrons. The van der Waals surface area contributed by atoms with Crippen molar-refractivity contribution in [2.24, 2.45) is 5.16 Å². The molecule has 0 spiro atoms. The summed E-state index contributed by atoms with van der Waals surface area (Å²) in [5.41, 5.74) is 0. The first-order valence-electron chi connectivity index (χ1n) is 2.78. The topological polar surface area (TPSA) is 49.7 Å². The van der Waals surface area contributed by atoms with Gasteiger partial charge in [-0.2, -0.15) is 0 Å². The second-order valence-corrected chi connectivity index (χ2v) is 1.61. The van der Waals surface area contributed by atoms with E-state index in [-0.39, 0.29) is 5.78 Å². The van der Waals surface area contributed by atoms with Gasteiger partial charge in [-0.05, 0) is 20.3 Å². The number of Topliss-reactive ketones (excluding diaryl/α,β-unsaturated/α-hetero) is 1. The van der Waals surface area contributed by atoms with Crippen LogP contribution in [0, 0.1) is 0 Å². The van der Waals surface area contributed by atoms with Gasteiger partial charge >= 0.3 is 0 Å². The van der Waals surface area contributed by atoms with Gasteiger partial charge in [0.2, 0.25) is 0 Å². The van der Waals surface area contributed by atoms with Crippen LogP contribution in [0.4, 0.5) is 0 Å². The molecule has 0 aliphatic heterocycles. The van der Waals surface area contributed by atoms with Crippen LogP contribution in [0.5, 0.6) is 0 Å².